The van der Waals surface area contributed by atoms with Crippen molar-refractivity contribution >= 4 is 37.2 Å². The van der Waals surface area contributed by atoms with Crippen LogP contribution in [0.15, 0.2) is 103 Å². The third-order valence-corrected chi connectivity index (χ3v) is 13.5. The van der Waals surface area contributed by atoms with Crippen molar-refractivity contribution in [3.63, 3.8) is 0 Å². The van der Waals surface area contributed by atoms with E-state index >= 15 is 0 Å². The number of hydrogen-bond donors (Lipinski definition) is 3. The monoisotopic (exact) mass is 776 g/mol. The summed E-state index contributed by atoms with van der Waals surface area (Å²) in [5.41, 5.74) is 2.05. The van der Waals surface area contributed by atoms with E-state index in [0.29, 0.717) is 46.9 Å². The number of methoxy groups -OCH3 is 1. The molecule has 2 aliphatic rings. The van der Waals surface area contributed by atoms with Gasteiger partial charge in [0.15, 0.2) is 13.9 Å². The van der Waals surface area contributed by atoms with Gasteiger partial charge in [-0.3, -0.25) is 24.4 Å². The van der Waals surface area contributed by atoms with Crippen LogP contribution in [0.5, 0.6) is 5.75 Å². The van der Waals surface area contributed by atoms with Crippen LogP contribution in [0.3, 0.4) is 0 Å². The zero-order chi connectivity index (χ0) is 39.8. The van der Waals surface area contributed by atoms with Crippen molar-refractivity contribution in [1.29, 1.82) is 0 Å². The van der Waals surface area contributed by atoms with Crippen molar-refractivity contribution in [2.75, 3.05) is 23.9 Å². The molecule has 2 amide bonds. The van der Waals surface area contributed by atoms with Gasteiger partial charge in [-0.1, -0.05) is 54.6 Å². The van der Waals surface area contributed by atoms with Crippen molar-refractivity contribution in [1.82, 2.24) is 15.0 Å². The lowest BCUT2D eigenvalue weighted by atomic mass is 9.82. The SMILES string of the molecule is COc1ccc(C(=O)Nc2ccc(CN3C(=O)[C@@]4(O[C@@H](CCn5cc(C(CO)c6ccccc6)nn5)[C@H]([Si](C)(C)O)[C@H]4C)c4cc([N+](=O)[O-])ccc43)cc2)cc1. The number of amides is 2. The first-order chi connectivity index (χ1) is 26.8. The topological polar surface area (TPSA) is 182 Å². The number of fused-ring (bicyclic) bond motifs is 2. The molecule has 3 heterocycles. The molecule has 1 unspecified atom stereocenters. The van der Waals surface area contributed by atoms with Gasteiger partial charge in [0.1, 0.15) is 5.75 Å². The summed E-state index contributed by atoms with van der Waals surface area (Å²) in [5, 5.41) is 33.8. The molecule has 0 bridgehead atoms. The number of carbonyl (C=O) groups is 2. The molecule has 14 nitrogen and oxygen atoms in total. The van der Waals surface area contributed by atoms with Gasteiger partial charge in [0.05, 0.1) is 48.6 Å². The van der Waals surface area contributed by atoms with Gasteiger partial charge in [-0.25, -0.2) is 0 Å². The van der Waals surface area contributed by atoms with Crippen molar-refractivity contribution in [3.8, 4) is 5.75 Å². The standard InChI is InChI=1S/C41H44N6O8Si/c1-26-38(56(3,4)53)37(20-21-45-24-35(43-44-45)33(25-48)28-8-6-5-7-9-28)55-41(26)34-22-31(47(51)52)16-19-36(34)46(40(41)50)23-27-10-14-30(15-11-27)42-39(49)29-12-17-32(54-2)18-13-29/h5-19,22,24,26,33,37-38,48,53H,20-21,23,25H2,1-4H3,(H,42,49)/t26-,33?,37+,38-,41+/m1/s1. The van der Waals surface area contributed by atoms with E-state index in [1.54, 1.807) is 65.4 Å². The molecule has 56 heavy (non-hydrogen) atoms. The van der Waals surface area contributed by atoms with E-state index in [1.807, 2.05) is 62.5 Å². The number of nitro groups is 1. The molecule has 0 radical (unpaired) electrons. The smallest absolute Gasteiger partial charge is 0.269 e. The molecule has 2 aliphatic heterocycles. The number of nitrogens with zero attached hydrogens (tertiary/aromatic N) is 5. The van der Waals surface area contributed by atoms with Gasteiger partial charge in [0.25, 0.3) is 17.5 Å². The maximum absolute atomic E-state index is 14.9. The van der Waals surface area contributed by atoms with Crippen molar-refractivity contribution in [2.45, 2.75) is 62.7 Å². The van der Waals surface area contributed by atoms with Crippen molar-refractivity contribution in [3.05, 3.63) is 141 Å². The Morgan fingerprint density at radius 3 is 2.43 bits per heavy atom. The molecule has 15 heteroatoms. The number of aryl methyl sites for hydroxylation is 1. The maximum atomic E-state index is 14.9. The number of rotatable bonds is 13. The Balaban J connectivity index is 1.14. The number of benzene rings is 4. The number of anilines is 2. The molecule has 0 aliphatic carbocycles. The minimum atomic E-state index is -3.03. The van der Waals surface area contributed by atoms with E-state index in [1.165, 1.54) is 12.1 Å². The minimum Gasteiger partial charge on any atom is -0.497 e. The number of aliphatic hydroxyl groups is 1. The fraction of sp³-hybridized carbons (Fsp3) is 0.317. The van der Waals surface area contributed by atoms with Crippen LogP contribution in [-0.2, 0) is 28.2 Å². The van der Waals surface area contributed by atoms with E-state index in [9.17, 15) is 29.6 Å². The second-order valence-corrected chi connectivity index (χ2v) is 18.9. The van der Waals surface area contributed by atoms with Crippen LogP contribution in [0.4, 0.5) is 17.1 Å². The van der Waals surface area contributed by atoms with E-state index in [2.05, 4.69) is 15.6 Å². The zero-order valence-corrected chi connectivity index (χ0v) is 32.5. The number of ether oxygens (including phenoxy) is 2. The summed E-state index contributed by atoms with van der Waals surface area (Å²) < 4.78 is 13.7. The summed E-state index contributed by atoms with van der Waals surface area (Å²) in [6.07, 6.45) is 1.58. The number of non-ortho nitro benzene ring substituents is 1. The fourth-order valence-corrected chi connectivity index (χ4v) is 10.9. The van der Waals surface area contributed by atoms with Crippen LogP contribution < -0.4 is 15.0 Å². The molecule has 1 spiro atoms. The van der Waals surface area contributed by atoms with Gasteiger partial charge in [-0.15, -0.1) is 5.10 Å². The maximum Gasteiger partial charge on any atom is 0.269 e. The van der Waals surface area contributed by atoms with Crippen LogP contribution >= 0.6 is 0 Å². The number of nitrogens with one attached hydrogen (secondary N) is 1. The van der Waals surface area contributed by atoms with Crippen LogP contribution in [-0.4, -0.2) is 69.8 Å². The van der Waals surface area contributed by atoms with Crippen molar-refractivity contribution < 1.29 is 33.9 Å². The molecular weight excluding hydrogens is 733 g/mol. The molecule has 3 N–H and O–H groups in total. The molecule has 4 aromatic carbocycles. The number of hydrogen-bond acceptors (Lipinski definition) is 10. The molecule has 5 aromatic rings. The fourth-order valence-electron chi connectivity index (χ4n) is 8.32. The van der Waals surface area contributed by atoms with E-state index in [4.69, 9.17) is 9.47 Å². The Kier molecular flexibility index (Phi) is 10.6. The van der Waals surface area contributed by atoms with Gasteiger partial charge < -0.3 is 29.6 Å². The van der Waals surface area contributed by atoms with E-state index in [0.717, 1.165) is 11.1 Å². The highest BCUT2D eigenvalue weighted by Gasteiger charge is 2.66. The van der Waals surface area contributed by atoms with Gasteiger partial charge in [-0.2, -0.15) is 0 Å². The second kappa shape index (κ2) is 15.4. The second-order valence-electron chi connectivity index (χ2n) is 14.9. The van der Waals surface area contributed by atoms with Gasteiger partial charge in [-0.05, 0) is 73.1 Å². The Bertz CT molecular complexity index is 2230. The molecule has 1 aromatic heterocycles. The van der Waals surface area contributed by atoms with Crippen LogP contribution in [0.2, 0.25) is 18.6 Å². The average Bonchev–Trinajstić information content (AvgIpc) is 3.85. The summed E-state index contributed by atoms with van der Waals surface area (Å²) in [4.78, 5) is 52.6. The average molecular weight is 777 g/mol. The highest BCUT2D eigenvalue weighted by atomic mass is 28.4. The summed E-state index contributed by atoms with van der Waals surface area (Å²) >= 11 is 0. The summed E-state index contributed by atoms with van der Waals surface area (Å²) in [5.74, 6) is -0.888. The Morgan fingerprint density at radius 1 is 1.07 bits per heavy atom. The Labute approximate surface area is 325 Å². The first kappa shape index (κ1) is 38.5. The predicted molar refractivity (Wildman–Crippen MR) is 211 cm³/mol. The number of aromatic nitrogens is 3. The molecule has 0 saturated carbocycles. The summed E-state index contributed by atoms with van der Waals surface area (Å²) in [6, 6.07) is 27.8. The summed E-state index contributed by atoms with van der Waals surface area (Å²) in [6.45, 7) is 5.89. The van der Waals surface area contributed by atoms with Gasteiger partial charge in [0, 0.05) is 53.1 Å². The Hall–Kier alpha value is -5.74. The first-order valence-corrected chi connectivity index (χ1v) is 21.5. The summed E-state index contributed by atoms with van der Waals surface area (Å²) in [7, 11) is -1.47. The molecule has 1 saturated heterocycles. The highest BCUT2D eigenvalue weighted by molar-refractivity contribution is 6.71. The van der Waals surface area contributed by atoms with Crippen LogP contribution in [0.25, 0.3) is 0 Å². The normalized spacial score (nSPS) is 20.9. The Morgan fingerprint density at radius 2 is 1.79 bits per heavy atom. The molecule has 290 valence electrons. The third-order valence-electron chi connectivity index (χ3n) is 11.0. The van der Waals surface area contributed by atoms with E-state index < -0.39 is 36.4 Å². The predicted octanol–water partition coefficient (Wildman–Crippen LogP) is 6.01. The third kappa shape index (κ3) is 7.21. The van der Waals surface area contributed by atoms with Crippen LogP contribution in [0, 0.1) is 16.0 Å². The molecule has 7 rings (SSSR count). The van der Waals surface area contributed by atoms with Crippen molar-refractivity contribution in [2.24, 2.45) is 5.92 Å². The molecular formula is C41H44N6O8Si. The van der Waals surface area contributed by atoms with Crippen LogP contribution in [0.1, 0.15) is 52.0 Å². The first-order valence-electron chi connectivity index (χ1n) is 18.4. The lowest BCUT2D eigenvalue weighted by molar-refractivity contribution is -0.385. The largest absolute Gasteiger partial charge is 0.497 e. The highest BCUT2D eigenvalue weighted by Crippen LogP contribution is 2.60. The van der Waals surface area contributed by atoms with Gasteiger partial charge in [0.2, 0.25) is 0 Å². The molecule has 5 atom stereocenters. The quantitative estimate of drug-likeness (QED) is 0.0728. The lowest BCUT2D eigenvalue weighted by Crippen LogP contribution is -2.46. The minimum absolute atomic E-state index is 0.138. The molecule has 1 fully saturated rings. The number of carbonyl (C=O) groups excluding carboxylic acids is 2. The zero-order valence-electron chi connectivity index (χ0n) is 31.5. The van der Waals surface area contributed by atoms with Gasteiger partial charge >= 0.3 is 0 Å². The lowest BCUT2D eigenvalue weighted by Gasteiger charge is -2.32. The number of nitro benzene ring substituents is 1. The van der Waals surface area contributed by atoms with E-state index in [-0.39, 0.29) is 36.6 Å². The number of aliphatic hydroxyl groups excluding tert-OH is 1.